The van der Waals surface area contributed by atoms with Gasteiger partial charge in [0.1, 0.15) is 0 Å². The van der Waals surface area contributed by atoms with E-state index in [1.807, 2.05) is 6.92 Å². The molecule has 0 N–H and O–H groups in total. The van der Waals surface area contributed by atoms with Gasteiger partial charge >= 0.3 is 0 Å². The number of ether oxygens (including phenoxy) is 1. The van der Waals surface area contributed by atoms with Gasteiger partial charge in [0, 0.05) is 10.8 Å². The van der Waals surface area contributed by atoms with Crippen LogP contribution in [0.2, 0.25) is 0 Å². The molecule has 1 heterocycles. The van der Waals surface area contributed by atoms with Crippen molar-refractivity contribution in [3.63, 3.8) is 0 Å². The summed E-state index contributed by atoms with van der Waals surface area (Å²) in [6, 6.07) is 9.67. The van der Waals surface area contributed by atoms with Gasteiger partial charge in [0.25, 0.3) is 0 Å². The minimum Gasteiger partial charge on any atom is -0.490 e. The van der Waals surface area contributed by atoms with Crippen LogP contribution in [0, 0.1) is 29.2 Å². The molecule has 35 heavy (non-hydrogen) atoms. The highest BCUT2D eigenvalue weighted by Crippen LogP contribution is 2.37. The van der Waals surface area contributed by atoms with Crippen LogP contribution in [-0.2, 0) is 19.3 Å². The van der Waals surface area contributed by atoms with Crippen molar-refractivity contribution in [3.8, 4) is 5.75 Å². The Bertz CT molecular complexity index is 1370. The molecule has 0 bridgehead atoms. The highest BCUT2D eigenvalue weighted by atomic mass is 19.2. The van der Waals surface area contributed by atoms with Crippen molar-refractivity contribution < 1.29 is 26.7 Å². The highest BCUT2D eigenvalue weighted by molar-refractivity contribution is 6.05. The second-order valence-electron chi connectivity index (χ2n) is 9.50. The van der Waals surface area contributed by atoms with E-state index in [2.05, 4.69) is 0 Å². The first kappa shape index (κ1) is 23.7. The molecule has 0 saturated heterocycles. The Morgan fingerprint density at radius 2 is 1.26 bits per heavy atom. The number of furan rings is 1. The van der Waals surface area contributed by atoms with Crippen molar-refractivity contribution in [1.29, 1.82) is 0 Å². The van der Waals surface area contributed by atoms with E-state index < -0.39 is 23.3 Å². The third-order valence-corrected chi connectivity index (χ3v) is 7.11. The molecule has 4 aromatic rings. The molecule has 6 heteroatoms. The van der Waals surface area contributed by atoms with E-state index in [1.54, 1.807) is 36.4 Å². The SMILES string of the molecule is CCCc1ccc(CCc2ccc3c(oc4c(F)c(OCC5CCCC5)ccc43)c2F)c(F)c1F. The summed E-state index contributed by atoms with van der Waals surface area (Å²) >= 11 is 0. The summed E-state index contributed by atoms with van der Waals surface area (Å²) in [5.74, 6) is -2.43. The standard InChI is InChI=1S/C29H28F4O2/c1-2-5-18-8-9-19(25(31)24(18)30)10-11-20-12-13-21-22-14-15-23(34-16-17-6-3-4-7-17)27(33)29(22)35-28(21)26(20)32/h8-9,12-15,17H,2-7,10-11,16H2,1H3. The first-order chi connectivity index (χ1) is 17.0. The molecule has 0 aliphatic heterocycles. The predicted octanol–water partition coefficient (Wildman–Crippen LogP) is 8.45. The van der Waals surface area contributed by atoms with E-state index in [0.717, 1.165) is 12.8 Å². The van der Waals surface area contributed by atoms with Crippen molar-refractivity contribution in [1.82, 2.24) is 0 Å². The number of hydrogen-bond donors (Lipinski definition) is 0. The highest BCUT2D eigenvalue weighted by Gasteiger charge is 2.22. The minimum atomic E-state index is -0.881. The maximum Gasteiger partial charge on any atom is 0.208 e. The number of aryl methyl sites for hydroxylation is 3. The fourth-order valence-electron chi connectivity index (χ4n) is 5.10. The summed E-state index contributed by atoms with van der Waals surface area (Å²) in [4.78, 5) is 0. The van der Waals surface area contributed by atoms with Crippen LogP contribution in [0.5, 0.6) is 5.75 Å². The van der Waals surface area contributed by atoms with E-state index in [9.17, 15) is 8.78 Å². The Morgan fingerprint density at radius 1 is 0.714 bits per heavy atom. The molecule has 0 unspecified atom stereocenters. The molecule has 184 valence electrons. The lowest BCUT2D eigenvalue weighted by molar-refractivity contribution is 0.242. The molecule has 0 radical (unpaired) electrons. The molecule has 1 aliphatic rings. The van der Waals surface area contributed by atoms with Crippen molar-refractivity contribution in [2.24, 2.45) is 5.92 Å². The Balaban J connectivity index is 1.39. The lowest BCUT2D eigenvalue weighted by atomic mass is 9.99. The van der Waals surface area contributed by atoms with Gasteiger partial charge in [-0.2, -0.15) is 4.39 Å². The Hall–Kier alpha value is -3.02. The van der Waals surface area contributed by atoms with Crippen LogP contribution in [-0.4, -0.2) is 6.61 Å². The Kier molecular flexibility index (Phi) is 6.72. The predicted molar refractivity (Wildman–Crippen MR) is 129 cm³/mol. The molecule has 0 amide bonds. The van der Waals surface area contributed by atoms with Gasteiger partial charge in [-0.3, -0.25) is 0 Å². The van der Waals surface area contributed by atoms with Gasteiger partial charge in [0.05, 0.1) is 6.61 Å². The molecule has 1 aliphatic carbocycles. The largest absolute Gasteiger partial charge is 0.490 e. The van der Waals surface area contributed by atoms with Gasteiger partial charge in [0.2, 0.25) is 5.82 Å². The Labute approximate surface area is 201 Å². The van der Waals surface area contributed by atoms with Crippen LogP contribution in [0.15, 0.2) is 40.8 Å². The lowest BCUT2D eigenvalue weighted by Gasteiger charge is -2.11. The summed E-state index contributed by atoms with van der Waals surface area (Å²) in [5, 5.41) is 0.930. The third-order valence-electron chi connectivity index (χ3n) is 7.11. The van der Waals surface area contributed by atoms with Gasteiger partial charge in [-0.25, -0.2) is 13.2 Å². The average molecular weight is 485 g/mol. The van der Waals surface area contributed by atoms with Gasteiger partial charge in [0.15, 0.2) is 34.4 Å². The van der Waals surface area contributed by atoms with Crippen molar-refractivity contribution in [2.75, 3.05) is 6.61 Å². The van der Waals surface area contributed by atoms with Crippen LogP contribution >= 0.6 is 0 Å². The topological polar surface area (TPSA) is 22.4 Å². The van der Waals surface area contributed by atoms with E-state index >= 15 is 8.78 Å². The summed E-state index contributed by atoms with van der Waals surface area (Å²) in [5.41, 5.74) is 0.750. The number of halogens is 4. The molecular formula is C29H28F4O2. The third kappa shape index (κ3) is 4.51. The summed E-state index contributed by atoms with van der Waals surface area (Å²) in [6.07, 6.45) is 5.98. The molecule has 1 fully saturated rings. The summed E-state index contributed by atoms with van der Waals surface area (Å²) < 4.78 is 70.6. The summed E-state index contributed by atoms with van der Waals surface area (Å²) in [6.45, 7) is 2.36. The van der Waals surface area contributed by atoms with Gasteiger partial charge in [-0.1, -0.05) is 44.4 Å². The molecule has 1 aromatic heterocycles. The van der Waals surface area contributed by atoms with Gasteiger partial charge in [-0.15, -0.1) is 0 Å². The molecule has 3 aromatic carbocycles. The van der Waals surface area contributed by atoms with E-state index in [1.165, 1.54) is 12.8 Å². The second-order valence-corrected chi connectivity index (χ2v) is 9.50. The van der Waals surface area contributed by atoms with E-state index in [-0.39, 0.29) is 35.3 Å². The number of rotatable bonds is 8. The first-order valence-electron chi connectivity index (χ1n) is 12.4. The van der Waals surface area contributed by atoms with Gasteiger partial charge < -0.3 is 9.15 Å². The van der Waals surface area contributed by atoms with E-state index in [0.29, 0.717) is 47.3 Å². The molecule has 0 spiro atoms. The fraction of sp³-hybridized carbons (Fsp3) is 0.379. The average Bonchev–Trinajstić information content (AvgIpc) is 3.51. The zero-order valence-corrected chi connectivity index (χ0v) is 19.7. The van der Waals surface area contributed by atoms with Crippen molar-refractivity contribution >= 4 is 21.9 Å². The molecule has 2 nitrogen and oxygen atoms in total. The summed E-state index contributed by atoms with van der Waals surface area (Å²) in [7, 11) is 0. The maximum atomic E-state index is 15.3. The minimum absolute atomic E-state index is 0.0420. The normalized spacial score (nSPS) is 14.4. The quantitative estimate of drug-likeness (QED) is 0.234. The second kappa shape index (κ2) is 9.92. The van der Waals surface area contributed by atoms with Crippen molar-refractivity contribution in [3.05, 3.63) is 76.4 Å². The molecular weight excluding hydrogens is 456 g/mol. The van der Waals surface area contributed by atoms with Crippen LogP contribution in [0.3, 0.4) is 0 Å². The zero-order chi connectivity index (χ0) is 24.5. The van der Waals surface area contributed by atoms with Crippen LogP contribution in [0.1, 0.15) is 55.7 Å². The lowest BCUT2D eigenvalue weighted by Crippen LogP contribution is -2.08. The number of benzene rings is 3. The fourth-order valence-corrected chi connectivity index (χ4v) is 5.10. The van der Waals surface area contributed by atoms with Crippen LogP contribution in [0.25, 0.3) is 21.9 Å². The van der Waals surface area contributed by atoms with Crippen LogP contribution < -0.4 is 4.74 Å². The van der Waals surface area contributed by atoms with Gasteiger partial charge in [-0.05, 0) is 72.9 Å². The monoisotopic (exact) mass is 484 g/mol. The maximum absolute atomic E-state index is 15.3. The van der Waals surface area contributed by atoms with Crippen molar-refractivity contribution in [2.45, 2.75) is 58.3 Å². The zero-order valence-electron chi connectivity index (χ0n) is 19.7. The molecule has 1 saturated carbocycles. The van der Waals surface area contributed by atoms with E-state index in [4.69, 9.17) is 9.15 Å². The Morgan fingerprint density at radius 3 is 1.91 bits per heavy atom. The molecule has 0 atom stereocenters. The first-order valence-corrected chi connectivity index (χ1v) is 12.4. The molecule has 5 rings (SSSR count). The smallest absolute Gasteiger partial charge is 0.208 e. The number of fused-ring (bicyclic) bond motifs is 3. The van der Waals surface area contributed by atoms with Crippen LogP contribution in [0.4, 0.5) is 17.6 Å². The number of hydrogen-bond acceptors (Lipinski definition) is 2.